The van der Waals surface area contributed by atoms with Crippen LogP contribution in [-0.4, -0.2) is 38.9 Å². The van der Waals surface area contributed by atoms with E-state index in [0.29, 0.717) is 18.9 Å². The average Bonchev–Trinajstić information content (AvgIpc) is 2.89. The Balaban J connectivity index is 1.95. The van der Waals surface area contributed by atoms with Gasteiger partial charge in [-0.2, -0.15) is 8.42 Å². The summed E-state index contributed by atoms with van der Waals surface area (Å²) < 4.78 is 35.8. The van der Waals surface area contributed by atoms with Crippen LogP contribution in [0.15, 0.2) is 29.2 Å². The lowest BCUT2D eigenvalue weighted by atomic mass is 9.87. The van der Waals surface area contributed by atoms with Gasteiger partial charge in [0.1, 0.15) is 0 Å². The van der Waals surface area contributed by atoms with Gasteiger partial charge in [-0.05, 0) is 70.4 Å². The van der Waals surface area contributed by atoms with E-state index < -0.39 is 10.1 Å². The number of hydrogen-bond donors (Lipinski definition) is 1. The van der Waals surface area contributed by atoms with Gasteiger partial charge in [-0.15, -0.1) is 0 Å². The highest BCUT2D eigenvalue weighted by Crippen LogP contribution is 2.34. The maximum absolute atomic E-state index is 12.4. The highest BCUT2D eigenvalue weighted by atomic mass is 32.2. The molecule has 2 atom stereocenters. The molecule has 2 rings (SSSR count). The molecule has 1 aliphatic heterocycles. The molecule has 0 aromatic heterocycles. The van der Waals surface area contributed by atoms with Crippen LogP contribution >= 0.6 is 0 Å². The molecule has 1 aromatic rings. The second kappa shape index (κ2) is 8.62. The largest absolute Gasteiger partial charge is 0.396 e. The molecule has 5 nitrogen and oxygen atoms in total. The molecule has 0 spiro atoms. The molecular formula is C19H30O5S. The van der Waals surface area contributed by atoms with E-state index in [0.717, 1.165) is 24.8 Å². The molecule has 1 N–H and O–H groups in total. The van der Waals surface area contributed by atoms with Crippen LogP contribution in [-0.2, 0) is 19.0 Å². The van der Waals surface area contributed by atoms with Crippen molar-refractivity contribution in [2.24, 2.45) is 11.8 Å². The fourth-order valence-electron chi connectivity index (χ4n) is 3.39. The molecule has 1 aliphatic rings. The van der Waals surface area contributed by atoms with E-state index in [2.05, 4.69) is 13.8 Å². The number of aliphatic hydroxyl groups is 1. The molecular weight excluding hydrogens is 340 g/mol. The number of rotatable bonds is 9. The van der Waals surface area contributed by atoms with Crippen LogP contribution in [0.2, 0.25) is 0 Å². The van der Waals surface area contributed by atoms with Gasteiger partial charge in [-0.25, -0.2) is 0 Å². The zero-order valence-electron chi connectivity index (χ0n) is 15.4. The Bertz CT molecular complexity index is 636. The van der Waals surface area contributed by atoms with Gasteiger partial charge in [-0.3, -0.25) is 4.18 Å². The third-order valence-corrected chi connectivity index (χ3v) is 5.99. The van der Waals surface area contributed by atoms with Crippen molar-refractivity contribution >= 4 is 10.1 Å². The molecule has 142 valence electrons. The molecule has 0 unspecified atom stereocenters. The quantitative estimate of drug-likeness (QED) is 0.675. The van der Waals surface area contributed by atoms with Gasteiger partial charge in [-0.1, -0.05) is 17.7 Å². The molecule has 0 bridgehead atoms. The number of hydrogen-bond acceptors (Lipinski definition) is 5. The molecule has 6 heteroatoms. The number of ether oxygens (including phenoxy) is 1. The lowest BCUT2D eigenvalue weighted by molar-refractivity contribution is 0.0343. The van der Waals surface area contributed by atoms with Gasteiger partial charge in [0.2, 0.25) is 0 Å². The van der Waals surface area contributed by atoms with Gasteiger partial charge in [0.05, 0.1) is 23.7 Å². The van der Waals surface area contributed by atoms with Crippen molar-refractivity contribution in [1.29, 1.82) is 0 Å². The summed E-state index contributed by atoms with van der Waals surface area (Å²) in [5, 5.41) is 9.11. The maximum atomic E-state index is 12.4. The minimum absolute atomic E-state index is 0.0925. The Morgan fingerprint density at radius 3 is 2.56 bits per heavy atom. The van der Waals surface area contributed by atoms with E-state index >= 15 is 0 Å². The lowest BCUT2D eigenvalue weighted by Crippen LogP contribution is -2.20. The average molecular weight is 371 g/mol. The molecule has 0 saturated carbocycles. The molecule has 0 aliphatic carbocycles. The standard InChI is InChI=1S/C19H30O5S/c1-15-6-8-18(9-7-15)25(21,22)24-14-16(5-4-10-20)11-17-12-19(2,3)23-13-17/h6-9,16-17,20H,4-5,10-14H2,1-3H3/t16-,17-/m1/s1. The first-order valence-corrected chi connectivity index (χ1v) is 10.3. The SMILES string of the molecule is Cc1ccc(S(=O)(=O)OC[C@H](CCCO)C[C@H]2COC(C)(C)C2)cc1. The van der Waals surface area contributed by atoms with E-state index in [1.165, 1.54) is 0 Å². The smallest absolute Gasteiger partial charge is 0.296 e. The Labute approximate surface area is 151 Å². The first kappa shape index (κ1) is 20.4. The van der Waals surface area contributed by atoms with E-state index in [-0.39, 0.29) is 29.6 Å². The van der Waals surface area contributed by atoms with Crippen molar-refractivity contribution in [3.63, 3.8) is 0 Å². The van der Waals surface area contributed by atoms with Crippen LogP contribution in [0.3, 0.4) is 0 Å². The van der Waals surface area contributed by atoms with Gasteiger partial charge >= 0.3 is 0 Å². The van der Waals surface area contributed by atoms with Crippen molar-refractivity contribution in [2.75, 3.05) is 19.8 Å². The van der Waals surface area contributed by atoms with Crippen LogP contribution in [0.1, 0.15) is 45.1 Å². The summed E-state index contributed by atoms with van der Waals surface area (Å²) in [5.74, 6) is 0.499. The molecule has 25 heavy (non-hydrogen) atoms. The third-order valence-electron chi connectivity index (χ3n) is 4.70. The Morgan fingerprint density at radius 1 is 1.32 bits per heavy atom. The lowest BCUT2D eigenvalue weighted by Gasteiger charge is -2.20. The summed E-state index contributed by atoms with van der Waals surface area (Å²) in [6.07, 6.45) is 3.21. The first-order valence-electron chi connectivity index (χ1n) is 8.93. The predicted molar refractivity (Wildman–Crippen MR) is 96.9 cm³/mol. The summed E-state index contributed by atoms with van der Waals surface area (Å²) in [6, 6.07) is 6.66. The number of benzene rings is 1. The monoisotopic (exact) mass is 370 g/mol. The zero-order valence-corrected chi connectivity index (χ0v) is 16.2. The summed E-state index contributed by atoms with van der Waals surface area (Å²) >= 11 is 0. The highest BCUT2D eigenvalue weighted by molar-refractivity contribution is 7.86. The molecule has 1 fully saturated rings. The Hall–Kier alpha value is -0.950. The van der Waals surface area contributed by atoms with Gasteiger partial charge in [0, 0.05) is 6.61 Å². The minimum Gasteiger partial charge on any atom is -0.396 e. The Kier molecular flexibility index (Phi) is 7.02. The fraction of sp³-hybridized carbons (Fsp3) is 0.684. The van der Waals surface area contributed by atoms with Crippen LogP contribution in [0.4, 0.5) is 0 Å². The maximum Gasteiger partial charge on any atom is 0.296 e. The van der Waals surface area contributed by atoms with Crippen molar-refractivity contribution in [3.8, 4) is 0 Å². The molecule has 0 radical (unpaired) electrons. The molecule has 0 amide bonds. The Morgan fingerprint density at radius 2 is 2.00 bits per heavy atom. The topological polar surface area (TPSA) is 72.8 Å². The predicted octanol–water partition coefficient (Wildman–Crippen LogP) is 3.29. The zero-order chi connectivity index (χ0) is 18.5. The second-order valence-electron chi connectivity index (χ2n) is 7.66. The number of aryl methyl sites for hydroxylation is 1. The van der Waals surface area contributed by atoms with Crippen molar-refractivity contribution in [1.82, 2.24) is 0 Å². The van der Waals surface area contributed by atoms with Crippen LogP contribution in [0, 0.1) is 18.8 Å². The summed E-state index contributed by atoms with van der Waals surface area (Å²) in [5.41, 5.74) is 0.893. The first-order chi connectivity index (χ1) is 11.7. The van der Waals surface area contributed by atoms with Crippen molar-refractivity contribution in [2.45, 2.75) is 57.0 Å². The normalized spacial score (nSPS) is 21.4. The van der Waals surface area contributed by atoms with Crippen LogP contribution in [0.25, 0.3) is 0 Å². The van der Waals surface area contributed by atoms with Gasteiger partial charge in [0.15, 0.2) is 0 Å². The van der Waals surface area contributed by atoms with E-state index in [4.69, 9.17) is 14.0 Å². The molecule has 1 heterocycles. The van der Waals surface area contributed by atoms with Crippen LogP contribution in [0.5, 0.6) is 0 Å². The summed E-state index contributed by atoms with van der Waals surface area (Å²) in [4.78, 5) is 0.185. The van der Waals surface area contributed by atoms with E-state index in [1.807, 2.05) is 6.92 Å². The van der Waals surface area contributed by atoms with Crippen molar-refractivity contribution < 1.29 is 22.4 Å². The van der Waals surface area contributed by atoms with E-state index in [1.54, 1.807) is 24.3 Å². The van der Waals surface area contributed by atoms with Gasteiger partial charge < -0.3 is 9.84 Å². The second-order valence-corrected chi connectivity index (χ2v) is 9.28. The number of aliphatic hydroxyl groups excluding tert-OH is 1. The third kappa shape index (κ3) is 6.37. The fourth-order valence-corrected chi connectivity index (χ4v) is 4.36. The molecule has 1 saturated heterocycles. The van der Waals surface area contributed by atoms with Gasteiger partial charge in [0.25, 0.3) is 10.1 Å². The summed E-state index contributed by atoms with van der Waals surface area (Å²) in [6.45, 7) is 7.02. The minimum atomic E-state index is -3.75. The highest BCUT2D eigenvalue weighted by Gasteiger charge is 2.33. The van der Waals surface area contributed by atoms with Crippen molar-refractivity contribution in [3.05, 3.63) is 29.8 Å². The van der Waals surface area contributed by atoms with E-state index in [9.17, 15) is 8.42 Å². The van der Waals surface area contributed by atoms with Crippen LogP contribution < -0.4 is 0 Å². The summed E-state index contributed by atoms with van der Waals surface area (Å²) in [7, 11) is -3.75. The molecule has 1 aromatic carbocycles.